The van der Waals surface area contributed by atoms with Crippen LogP contribution in [0.3, 0.4) is 0 Å². The van der Waals surface area contributed by atoms with Crippen molar-refractivity contribution >= 4 is 46.2 Å². The van der Waals surface area contributed by atoms with Gasteiger partial charge in [-0.1, -0.05) is 23.4 Å². The fraction of sp³-hybridized carbons (Fsp3) is 0.391. The van der Waals surface area contributed by atoms with Crippen LogP contribution in [0.2, 0.25) is 5.02 Å². The first kappa shape index (κ1) is 24.4. The van der Waals surface area contributed by atoms with Crippen LogP contribution in [-0.4, -0.2) is 46.7 Å². The number of benzene rings is 1. The molecule has 180 valence electrons. The molecule has 0 spiro atoms. The van der Waals surface area contributed by atoms with Crippen LogP contribution in [0.25, 0.3) is 0 Å². The van der Waals surface area contributed by atoms with E-state index in [9.17, 15) is 9.59 Å². The quantitative estimate of drug-likeness (QED) is 0.631. The van der Waals surface area contributed by atoms with Crippen molar-refractivity contribution in [2.24, 2.45) is 10.9 Å². The number of anilines is 1. The zero-order valence-electron chi connectivity index (χ0n) is 18.9. The average molecular weight is 507 g/mol. The minimum Gasteiger partial charge on any atom is -0.444 e. The molecule has 0 saturated carbocycles. The maximum atomic E-state index is 15.1. The molecule has 8 nitrogen and oxygen atoms in total. The predicted molar refractivity (Wildman–Crippen MR) is 129 cm³/mol. The first-order valence-corrected chi connectivity index (χ1v) is 12.0. The van der Waals surface area contributed by atoms with Crippen LogP contribution in [-0.2, 0) is 15.0 Å². The summed E-state index contributed by atoms with van der Waals surface area (Å²) in [6.45, 7) is 5.84. The topological polar surface area (TPSA) is 102 Å². The molecule has 11 heteroatoms. The summed E-state index contributed by atoms with van der Waals surface area (Å²) in [5.41, 5.74) is -0.877. The molecule has 1 aromatic heterocycles. The fourth-order valence-corrected chi connectivity index (χ4v) is 4.99. The minimum absolute atomic E-state index is 0.111. The molecule has 1 saturated heterocycles. The lowest BCUT2D eigenvalue weighted by Crippen LogP contribution is -2.43. The van der Waals surface area contributed by atoms with Gasteiger partial charge in [-0.3, -0.25) is 10.1 Å². The number of hydrogen-bond acceptors (Lipinski definition) is 7. The van der Waals surface area contributed by atoms with E-state index in [-0.39, 0.29) is 23.8 Å². The summed E-state index contributed by atoms with van der Waals surface area (Å²) in [6.07, 6.45) is 0.739. The van der Waals surface area contributed by atoms with Crippen LogP contribution in [0.15, 0.2) is 41.5 Å². The maximum Gasteiger partial charge on any atom is 0.413 e. The number of nitrogens with zero attached hydrogens (tertiary/aromatic N) is 2. The molecule has 2 amide bonds. The van der Waals surface area contributed by atoms with Crippen LogP contribution in [0.1, 0.15) is 36.8 Å². The Balaban J connectivity index is 1.62. The van der Waals surface area contributed by atoms with Gasteiger partial charge in [-0.05, 0) is 51.1 Å². The van der Waals surface area contributed by atoms with Gasteiger partial charge >= 0.3 is 6.09 Å². The molecule has 4 rings (SSSR count). The van der Waals surface area contributed by atoms with E-state index < -0.39 is 29.0 Å². The van der Waals surface area contributed by atoms with Crippen molar-refractivity contribution in [3.8, 4) is 0 Å². The monoisotopic (exact) mass is 506 g/mol. The van der Waals surface area contributed by atoms with Crippen molar-refractivity contribution in [2.75, 3.05) is 24.3 Å². The highest BCUT2D eigenvalue weighted by molar-refractivity contribution is 8.13. The second-order valence-electron chi connectivity index (χ2n) is 9.00. The van der Waals surface area contributed by atoms with E-state index in [2.05, 4.69) is 15.6 Å². The van der Waals surface area contributed by atoms with E-state index >= 15 is 4.39 Å². The number of aromatic nitrogens is 1. The second-order valence-corrected chi connectivity index (χ2v) is 10.4. The molecule has 2 aliphatic rings. The largest absolute Gasteiger partial charge is 0.444 e. The standard InChI is InChI=1S/C23H24ClFN4O4S/c1-22(2,3)33-21(31)28-20-29-23(12-32-10-13(23)11-34-20)16-8-15(5-6-17(16)25)27-19(30)18-7-4-14(24)9-26-18/h4-9,13H,10-12H2,1-3H3,(H,27,30)(H,28,29,31)/t13-,23-/m0/s1. The van der Waals surface area contributed by atoms with Crippen LogP contribution in [0, 0.1) is 11.7 Å². The van der Waals surface area contributed by atoms with Gasteiger partial charge < -0.3 is 14.8 Å². The average Bonchev–Trinajstić information content (AvgIpc) is 3.18. The summed E-state index contributed by atoms with van der Waals surface area (Å²) in [5, 5.41) is 6.14. The van der Waals surface area contributed by atoms with Gasteiger partial charge in [0.2, 0.25) is 0 Å². The third-order valence-electron chi connectivity index (χ3n) is 5.30. The highest BCUT2D eigenvalue weighted by atomic mass is 35.5. The number of amidine groups is 1. The Kier molecular flexibility index (Phi) is 6.84. The summed E-state index contributed by atoms with van der Waals surface area (Å²) in [4.78, 5) is 33.6. The molecule has 2 aliphatic heterocycles. The highest BCUT2D eigenvalue weighted by Crippen LogP contribution is 2.46. The number of nitrogens with one attached hydrogen (secondary N) is 2. The van der Waals surface area contributed by atoms with Crippen molar-refractivity contribution in [3.05, 3.63) is 58.6 Å². The molecular formula is C23H24ClFN4O4S. The van der Waals surface area contributed by atoms with Crippen molar-refractivity contribution in [1.82, 2.24) is 10.3 Å². The number of aliphatic imine (C=N–C) groups is 1. The molecule has 0 radical (unpaired) electrons. The first-order valence-electron chi connectivity index (χ1n) is 10.6. The summed E-state index contributed by atoms with van der Waals surface area (Å²) >= 11 is 7.18. The zero-order valence-corrected chi connectivity index (χ0v) is 20.4. The summed E-state index contributed by atoms with van der Waals surface area (Å²) in [5.74, 6) is -0.481. The number of amides is 2. The number of ether oxygens (including phenoxy) is 2. The molecule has 3 heterocycles. The number of alkyl carbamates (subject to hydrolysis) is 1. The van der Waals surface area contributed by atoms with Gasteiger partial charge in [0.1, 0.15) is 22.7 Å². The summed E-state index contributed by atoms with van der Waals surface area (Å²) < 4.78 is 26.1. The van der Waals surface area contributed by atoms with Gasteiger partial charge in [-0.2, -0.15) is 0 Å². The minimum atomic E-state index is -1.04. The fourth-order valence-electron chi connectivity index (χ4n) is 3.77. The molecule has 2 aromatic rings. The van der Waals surface area contributed by atoms with Gasteiger partial charge in [-0.15, -0.1) is 0 Å². The smallest absolute Gasteiger partial charge is 0.413 e. The molecule has 34 heavy (non-hydrogen) atoms. The molecule has 0 aliphatic carbocycles. The summed E-state index contributed by atoms with van der Waals surface area (Å²) in [7, 11) is 0. The van der Waals surface area contributed by atoms with Gasteiger partial charge in [0, 0.05) is 29.1 Å². The third-order valence-corrected chi connectivity index (χ3v) is 6.56. The Morgan fingerprint density at radius 1 is 1.26 bits per heavy atom. The number of rotatable bonds is 3. The third kappa shape index (κ3) is 5.34. The summed E-state index contributed by atoms with van der Waals surface area (Å²) in [6, 6.07) is 7.36. The van der Waals surface area contributed by atoms with Crippen LogP contribution in [0.4, 0.5) is 14.9 Å². The Morgan fingerprint density at radius 2 is 2.06 bits per heavy atom. The van der Waals surface area contributed by atoms with Crippen molar-refractivity contribution in [3.63, 3.8) is 0 Å². The predicted octanol–water partition coefficient (Wildman–Crippen LogP) is 4.60. The van der Waals surface area contributed by atoms with Crippen LogP contribution >= 0.6 is 23.4 Å². The number of carbonyl (C=O) groups is 2. The molecule has 0 bridgehead atoms. The lowest BCUT2D eigenvalue weighted by Gasteiger charge is -2.35. The normalized spacial score (nSPS) is 21.9. The Morgan fingerprint density at radius 3 is 2.76 bits per heavy atom. The Hall–Kier alpha value is -2.69. The van der Waals surface area contributed by atoms with E-state index in [1.54, 1.807) is 32.9 Å². The Bertz CT molecular complexity index is 1140. The van der Waals surface area contributed by atoms with Crippen molar-refractivity contribution < 1.29 is 23.5 Å². The van der Waals surface area contributed by atoms with Crippen molar-refractivity contribution in [2.45, 2.75) is 31.9 Å². The van der Waals surface area contributed by atoms with Gasteiger partial charge in [0.25, 0.3) is 5.91 Å². The number of halogens is 2. The molecule has 1 aromatic carbocycles. The number of pyridine rings is 1. The number of fused-ring (bicyclic) bond motifs is 1. The van der Waals surface area contributed by atoms with Gasteiger partial charge in [0.15, 0.2) is 5.17 Å². The molecule has 2 atom stereocenters. The van der Waals surface area contributed by atoms with E-state index in [4.69, 9.17) is 26.1 Å². The van der Waals surface area contributed by atoms with Gasteiger partial charge in [-0.25, -0.2) is 19.2 Å². The van der Waals surface area contributed by atoms with Gasteiger partial charge in [0.05, 0.1) is 18.2 Å². The number of carbonyl (C=O) groups excluding carboxylic acids is 2. The molecule has 2 N–H and O–H groups in total. The van der Waals surface area contributed by atoms with Crippen LogP contribution < -0.4 is 10.6 Å². The first-order chi connectivity index (χ1) is 16.1. The molecule has 1 fully saturated rings. The van der Waals surface area contributed by atoms with E-state index in [0.29, 0.717) is 28.2 Å². The maximum absolute atomic E-state index is 15.1. The van der Waals surface area contributed by atoms with E-state index in [0.717, 1.165) is 0 Å². The molecule has 0 unspecified atom stereocenters. The molecular weight excluding hydrogens is 483 g/mol. The van der Waals surface area contributed by atoms with E-state index in [1.165, 1.54) is 36.2 Å². The van der Waals surface area contributed by atoms with Crippen molar-refractivity contribution in [1.29, 1.82) is 0 Å². The zero-order chi connectivity index (χ0) is 24.5. The van der Waals surface area contributed by atoms with Crippen LogP contribution in [0.5, 0.6) is 0 Å². The van der Waals surface area contributed by atoms with E-state index in [1.807, 2.05) is 0 Å². The lowest BCUT2D eigenvalue weighted by molar-refractivity contribution is 0.0563. The number of hydrogen-bond donors (Lipinski definition) is 2. The highest BCUT2D eigenvalue weighted by Gasteiger charge is 2.50. The Labute approximate surface area is 205 Å². The number of thioether (sulfide) groups is 1. The SMILES string of the molecule is CC(C)(C)OC(=O)NC1=N[C@@]2(c3cc(NC(=O)c4ccc(Cl)cn4)ccc3F)COC[C@H]2CS1. The lowest BCUT2D eigenvalue weighted by atomic mass is 9.81. The second kappa shape index (κ2) is 9.52.